The summed E-state index contributed by atoms with van der Waals surface area (Å²) in [6.07, 6.45) is 7.12. The summed E-state index contributed by atoms with van der Waals surface area (Å²) in [5.41, 5.74) is 0.0649. The molecule has 68 valence electrons. The van der Waals surface area contributed by atoms with Crippen LogP contribution in [0.15, 0.2) is 0 Å². The summed E-state index contributed by atoms with van der Waals surface area (Å²) >= 11 is 0. The van der Waals surface area contributed by atoms with Crippen molar-refractivity contribution in [2.45, 2.75) is 52.4 Å². The maximum atomic E-state index is 9.11. The fraction of sp³-hybridized carbons (Fsp3) is 0.909. The number of hydrogen-bond acceptors (Lipinski definition) is 1. The first kappa shape index (κ1) is 9.58. The molecule has 1 fully saturated rings. The minimum atomic E-state index is 0.0649. The molecule has 0 saturated heterocycles. The molecular weight excluding hydrogens is 146 g/mol. The zero-order valence-corrected chi connectivity index (χ0v) is 8.27. The Morgan fingerprint density at radius 3 is 2.75 bits per heavy atom. The van der Waals surface area contributed by atoms with Gasteiger partial charge in [-0.1, -0.05) is 26.7 Å². The summed E-state index contributed by atoms with van der Waals surface area (Å²) in [7, 11) is 0. The summed E-state index contributed by atoms with van der Waals surface area (Å²) in [5, 5.41) is 9.11. The van der Waals surface area contributed by atoms with Crippen molar-refractivity contribution in [1.29, 1.82) is 5.26 Å². The van der Waals surface area contributed by atoms with Crippen molar-refractivity contribution in [2.75, 3.05) is 0 Å². The van der Waals surface area contributed by atoms with Crippen molar-refractivity contribution in [2.24, 2.45) is 11.3 Å². The summed E-state index contributed by atoms with van der Waals surface area (Å²) in [4.78, 5) is 0. The van der Waals surface area contributed by atoms with Crippen molar-refractivity contribution in [1.82, 2.24) is 0 Å². The van der Waals surface area contributed by atoms with Gasteiger partial charge in [0.25, 0.3) is 0 Å². The van der Waals surface area contributed by atoms with Crippen molar-refractivity contribution in [3.05, 3.63) is 0 Å². The van der Waals surface area contributed by atoms with Crippen molar-refractivity contribution in [3.8, 4) is 6.07 Å². The molecule has 1 saturated carbocycles. The highest BCUT2D eigenvalue weighted by molar-refractivity contribution is 5.03. The van der Waals surface area contributed by atoms with Crippen molar-refractivity contribution < 1.29 is 0 Å². The topological polar surface area (TPSA) is 23.8 Å². The third-order valence-electron chi connectivity index (χ3n) is 3.10. The molecule has 0 bridgehead atoms. The zero-order valence-electron chi connectivity index (χ0n) is 8.27. The predicted octanol–water partition coefficient (Wildman–Crippen LogP) is 3.51. The van der Waals surface area contributed by atoms with Gasteiger partial charge in [0, 0.05) is 0 Å². The fourth-order valence-electron chi connectivity index (χ4n) is 2.29. The standard InChI is InChI=1S/C11H19N/c1-3-4-6-11(9-12)7-5-10(2)8-11/h10H,3-8H2,1-2H3. The van der Waals surface area contributed by atoms with E-state index in [2.05, 4.69) is 19.9 Å². The van der Waals surface area contributed by atoms with E-state index < -0.39 is 0 Å². The maximum Gasteiger partial charge on any atom is 0.0689 e. The van der Waals surface area contributed by atoms with Crippen LogP contribution in [0.3, 0.4) is 0 Å². The number of nitriles is 1. The summed E-state index contributed by atoms with van der Waals surface area (Å²) in [6, 6.07) is 2.54. The molecule has 0 aliphatic heterocycles. The largest absolute Gasteiger partial charge is 0.198 e. The van der Waals surface area contributed by atoms with Gasteiger partial charge < -0.3 is 0 Å². The lowest BCUT2D eigenvalue weighted by Crippen LogP contribution is -2.13. The SMILES string of the molecule is CCCCC1(C#N)CCC(C)C1. The molecule has 0 heterocycles. The van der Waals surface area contributed by atoms with Gasteiger partial charge in [-0.05, 0) is 31.6 Å². The van der Waals surface area contributed by atoms with Crippen LogP contribution in [0.5, 0.6) is 0 Å². The van der Waals surface area contributed by atoms with Crippen LogP contribution in [0.4, 0.5) is 0 Å². The monoisotopic (exact) mass is 165 g/mol. The first-order valence-corrected chi connectivity index (χ1v) is 5.14. The van der Waals surface area contributed by atoms with E-state index in [4.69, 9.17) is 5.26 Å². The lowest BCUT2D eigenvalue weighted by Gasteiger charge is -2.19. The summed E-state index contributed by atoms with van der Waals surface area (Å²) in [5.74, 6) is 0.779. The van der Waals surface area contributed by atoms with Gasteiger partial charge in [0.05, 0.1) is 11.5 Å². The molecule has 1 heteroatoms. The molecule has 1 aliphatic rings. The van der Waals surface area contributed by atoms with Crippen LogP contribution in [-0.2, 0) is 0 Å². The lowest BCUT2D eigenvalue weighted by atomic mass is 9.82. The molecule has 2 unspecified atom stereocenters. The van der Waals surface area contributed by atoms with Crippen LogP contribution >= 0.6 is 0 Å². The van der Waals surface area contributed by atoms with Crippen LogP contribution in [0.25, 0.3) is 0 Å². The highest BCUT2D eigenvalue weighted by atomic mass is 14.4. The first-order valence-electron chi connectivity index (χ1n) is 5.14. The molecule has 0 N–H and O–H groups in total. The Hall–Kier alpha value is -0.510. The summed E-state index contributed by atoms with van der Waals surface area (Å²) in [6.45, 7) is 4.47. The zero-order chi connectivity index (χ0) is 9.03. The molecule has 0 aromatic heterocycles. The van der Waals surface area contributed by atoms with E-state index in [0.29, 0.717) is 0 Å². The average Bonchev–Trinajstić information content (AvgIpc) is 2.45. The Morgan fingerprint density at radius 2 is 2.33 bits per heavy atom. The fourth-order valence-corrected chi connectivity index (χ4v) is 2.29. The molecule has 0 aromatic carbocycles. The van der Waals surface area contributed by atoms with Crippen molar-refractivity contribution >= 4 is 0 Å². The molecule has 2 atom stereocenters. The third kappa shape index (κ3) is 2.00. The predicted molar refractivity (Wildman–Crippen MR) is 50.6 cm³/mol. The second-order valence-electron chi connectivity index (χ2n) is 4.34. The minimum Gasteiger partial charge on any atom is -0.198 e. The molecule has 12 heavy (non-hydrogen) atoms. The smallest absolute Gasteiger partial charge is 0.0689 e. The summed E-state index contributed by atoms with van der Waals surface area (Å²) < 4.78 is 0. The van der Waals surface area contributed by atoms with E-state index in [1.165, 1.54) is 19.3 Å². The third-order valence-corrected chi connectivity index (χ3v) is 3.10. The van der Waals surface area contributed by atoms with E-state index >= 15 is 0 Å². The Labute approximate surface area is 75.8 Å². The van der Waals surface area contributed by atoms with Gasteiger partial charge in [0.2, 0.25) is 0 Å². The highest BCUT2D eigenvalue weighted by Gasteiger charge is 2.36. The molecule has 0 amide bonds. The first-order chi connectivity index (χ1) is 5.72. The number of unbranched alkanes of at least 4 members (excludes halogenated alkanes) is 1. The van der Waals surface area contributed by atoms with Crippen LogP contribution < -0.4 is 0 Å². The molecule has 1 rings (SSSR count). The second-order valence-corrected chi connectivity index (χ2v) is 4.34. The Bertz CT molecular complexity index is 180. The van der Waals surface area contributed by atoms with E-state index in [-0.39, 0.29) is 5.41 Å². The maximum absolute atomic E-state index is 9.11. The van der Waals surface area contributed by atoms with Gasteiger partial charge >= 0.3 is 0 Å². The molecular formula is C11H19N. The van der Waals surface area contributed by atoms with Gasteiger partial charge in [-0.25, -0.2) is 0 Å². The minimum absolute atomic E-state index is 0.0649. The van der Waals surface area contributed by atoms with E-state index in [0.717, 1.165) is 25.2 Å². The van der Waals surface area contributed by atoms with Crippen molar-refractivity contribution in [3.63, 3.8) is 0 Å². The van der Waals surface area contributed by atoms with Crippen LogP contribution in [0, 0.1) is 22.7 Å². The van der Waals surface area contributed by atoms with Gasteiger partial charge in [-0.15, -0.1) is 0 Å². The van der Waals surface area contributed by atoms with Crippen LogP contribution in [-0.4, -0.2) is 0 Å². The van der Waals surface area contributed by atoms with Crippen LogP contribution in [0.1, 0.15) is 52.4 Å². The number of hydrogen-bond donors (Lipinski definition) is 0. The quantitative estimate of drug-likeness (QED) is 0.627. The van der Waals surface area contributed by atoms with Gasteiger partial charge in [-0.2, -0.15) is 5.26 Å². The molecule has 1 aliphatic carbocycles. The van der Waals surface area contributed by atoms with Crippen LogP contribution in [0.2, 0.25) is 0 Å². The number of rotatable bonds is 3. The Balaban J connectivity index is 2.48. The second kappa shape index (κ2) is 3.94. The normalized spacial score (nSPS) is 34.9. The van der Waals surface area contributed by atoms with Gasteiger partial charge in [0.15, 0.2) is 0 Å². The lowest BCUT2D eigenvalue weighted by molar-refractivity contribution is 0.350. The van der Waals surface area contributed by atoms with Gasteiger partial charge in [-0.3, -0.25) is 0 Å². The average molecular weight is 165 g/mol. The molecule has 0 aromatic rings. The van der Waals surface area contributed by atoms with E-state index in [1.54, 1.807) is 0 Å². The van der Waals surface area contributed by atoms with E-state index in [9.17, 15) is 0 Å². The molecule has 0 radical (unpaired) electrons. The van der Waals surface area contributed by atoms with E-state index in [1.807, 2.05) is 0 Å². The van der Waals surface area contributed by atoms with Gasteiger partial charge in [0.1, 0.15) is 0 Å². The number of nitrogens with zero attached hydrogens (tertiary/aromatic N) is 1. The Kier molecular flexibility index (Phi) is 3.14. The molecule has 1 nitrogen and oxygen atoms in total. The highest BCUT2D eigenvalue weighted by Crippen LogP contribution is 2.44. The molecule has 0 spiro atoms. The Morgan fingerprint density at radius 1 is 1.58 bits per heavy atom.